The van der Waals surface area contributed by atoms with E-state index >= 15 is 0 Å². The molecule has 0 saturated carbocycles. The van der Waals surface area contributed by atoms with Crippen LogP contribution in [0.5, 0.6) is 0 Å². The number of rotatable bonds is 5. The molecule has 0 N–H and O–H groups in total. The van der Waals surface area contributed by atoms with E-state index < -0.39 is 0 Å². The predicted molar refractivity (Wildman–Crippen MR) is 67.1 cm³/mol. The van der Waals surface area contributed by atoms with Crippen LogP contribution in [-0.4, -0.2) is 35.4 Å². The maximum atomic E-state index is 10.8. The van der Waals surface area contributed by atoms with E-state index in [9.17, 15) is 4.79 Å². The molecule has 0 atom stereocenters. The predicted octanol–water partition coefficient (Wildman–Crippen LogP) is 2.26. The van der Waals surface area contributed by atoms with Crippen molar-refractivity contribution in [2.75, 3.05) is 13.6 Å². The highest BCUT2D eigenvalue weighted by Crippen LogP contribution is 2.13. The standard InChI is InChI=1S/C13H22N2O/c1-10(2)14(5)6-7-15-11(3)8-13(9-16)12(15)4/h8-10H,6-7H2,1-5H3. The SMILES string of the molecule is Cc1cc(C=O)c(C)n1CCN(C)C(C)C. The molecule has 3 nitrogen and oxygen atoms in total. The minimum Gasteiger partial charge on any atom is -0.347 e. The molecule has 0 aliphatic carbocycles. The monoisotopic (exact) mass is 222 g/mol. The third-order valence-corrected chi connectivity index (χ3v) is 3.30. The van der Waals surface area contributed by atoms with Crippen LogP contribution in [0.3, 0.4) is 0 Å². The van der Waals surface area contributed by atoms with Crippen LogP contribution >= 0.6 is 0 Å². The molecule has 3 heteroatoms. The summed E-state index contributed by atoms with van der Waals surface area (Å²) in [5.41, 5.74) is 3.05. The van der Waals surface area contributed by atoms with Crippen molar-refractivity contribution in [3.05, 3.63) is 23.0 Å². The average molecular weight is 222 g/mol. The molecule has 0 aromatic carbocycles. The lowest BCUT2D eigenvalue weighted by molar-refractivity contribution is 0.112. The fourth-order valence-corrected chi connectivity index (χ4v) is 1.81. The topological polar surface area (TPSA) is 25.2 Å². The van der Waals surface area contributed by atoms with Crippen LogP contribution in [0.25, 0.3) is 0 Å². The fourth-order valence-electron chi connectivity index (χ4n) is 1.81. The minimum absolute atomic E-state index is 0.557. The summed E-state index contributed by atoms with van der Waals surface area (Å²) in [5, 5.41) is 0. The molecular formula is C13H22N2O. The lowest BCUT2D eigenvalue weighted by Crippen LogP contribution is -2.30. The number of aldehydes is 1. The zero-order chi connectivity index (χ0) is 12.3. The van der Waals surface area contributed by atoms with Gasteiger partial charge in [0.05, 0.1) is 0 Å². The fraction of sp³-hybridized carbons (Fsp3) is 0.615. The molecule has 0 bridgehead atoms. The van der Waals surface area contributed by atoms with Crippen molar-refractivity contribution in [3.63, 3.8) is 0 Å². The van der Waals surface area contributed by atoms with Crippen molar-refractivity contribution in [2.24, 2.45) is 0 Å². The van der Waals surface area contributed by atoms with Gasteiger partial charge in [-0.05, 0) is 40.8 Å². The summed E-state index contributed by atoms with van der Waals surface area (Å²) in [4.78, 5) is 13.1. The first-order chi connectivity index (χ1) is 7.47. The van der Waals surface area contributed by atoms with Gasteiger partial charge in [0, 0.05) is 36.1 Å². The van der Waals surface area contributed by atoms with Gasteiger partial charge in [0.2, 0.25) is 0 Å². The van der Waals surface area contributed by atoms with Gasteiger partial charge in [0.15, 0.2) is 6.29 Å². The quantitative estimate of drug-likeness (QED) is 0.714. The Morgan fingerprint density at radius 1 is 1.44 bits per heavy atom. The van der Waals surface area contributed by atoms with Crippen LogP contribution in [0.1, 0.15) is 35.6 Å². The van der Waals surface area contributed by atoms with Gasteiger partial charge in [-0.25, -0.2) is 0 Å². The number of carbonyl (C=O) groups excluding carboxylic acids is 1. The Morgan fingerprint density at radius 2 is 2.06 bits per heavy atom. The van der Waals surface area contributed by atoms with Crippen LogP contribution < -0.4 is 0 Å². The number of aryl methyl sites for hydroxylation is 1. The smallest absolute Gasteiger partial charge is 0.151 e. The summed E-state index contributed by atoms with van der Waals surface area (Å²) in [7, 11) is 2.12. The number of carbonyl (C=O) groups is 1. The molecule has 1 heterocycles. The van der Waals surface area contributed by atoms with E-state index in [4.69, 9.17) is 0 Å². The molecule has 0 radical (unpaired) electrons. The van der Waals surface area contributed by atoms with E-state index in [2.05, 4.69) is 37.3 Å². The van der Waals surface area contributed by atoms with Gasteiger partial charge in [-0.1, -0.05) is 0 Å². The lowest BCUT2D eigenvalue weighted by atomic mass is 10.3. The van der Waals surface area contributed by atoms with Crippen molar-refractivity contribution in [2.45, 2.75) is 40.3 Å². The summed E-state index contributed by atoms with van der Waals surface area (Å²) in [6.45, 7) is 10.4. The van der Waals surface area contributed by atoms with Crippen LogP contribution in [-0.2, 0) is 6.54 Å². The Kier molecular flexibility index (Phi) is 4.30. The van der Waals surface area contributed by atoms with E-state index in [1.54, 1.807) is 0 Å². The molecular weight excluding hydrogens is 200 g/mol. The first-order valence-corrected chi connectivity index (χ1v) is 5.79. The summed E-state index contributed by atoms with van der Waals surface area (Å²) in [6.07, 6.45) is 0.936. The van der Waals surface area contributed by atoms with E-state index in [-0.39, 0.29) is 0 Å². The molecule has 0 aliphatic heterocycles. The Morgan fingerprint density at radius 3 is 2.50 bits per heavy atom. The molecule has 16 heavy (non-hydrogen) atoms. The van der Waals surface area contributed by atoms with E-state index in [1.807, 2.05) is 13.0 Å². The van der Waals surface area contributed by atoms with Gasteiger partial charge in [-0.2, -0.15) is 0 Å². The number of hydrogen-bond donors (Lipinski definition) is 0. The van der Waals surface area contributed by atoms with Crippen LogP contribution in [0.4, 0.5) is 0 Å². The summed E-state index contributed by atoms with van der Waals surface area (Å²) < 4.78 is 2.21. The molecule has 1 rings (SSSR count). The lowest BCUT2D eigenvalue weighted by Gasteiger charge is -2.22. The molecule has 0 fully saturated rings. The molecule has 90 valence electrons. The van der Waals surface area contributed by atoms with Crippen molar-refractivity contribution in [1.82, 2.24) is 9.47 Å². The summed E-state index contributed by atoms with van der Waals surface area (Å²) >= 11 is 0. The van der Waals surface area contributed by atoms with E-state index in [0.29, 0.717) is 6.04 Å². The van der Waals surface area contributed by atoms with Gasteiger partial charge in [0.25, 0.3) is 0 Å². The van der Waals surface area contributed by atoms with Gasteiger partial charge in [-0.15, -0.1) is 0 Å². The Balaban J connectivity index is 2.74. The molecule has 1 aromatic heterocycles. The maximum absolute atomic E-state index is 10.8. The normalized spacial score (nSPS) is 11.4. The summed E-state index contributed by atoms with van der Waals surface area (Å²) in [6, 6.07) is 2.51. The average Bonchev–Trinajstić information content (AvgIpc) is 2.51. The molecule has 0 amide bonds. The number of nitrogens with zero attached hydrogens (tertiary/aromatic N) is 2. The van der Waals surface area contributed by atoms with Crippen molar-refractivity contribution < 1.29 is 4.79 Å². The molecule has 1 aromatic rings. The van der Waals surface area contributed by atoms with Crippen molar-refractivity contribution in [1.29, 1.82) is 0 Å². The Hall–Kier alpha value is -1.09. The highest BCUT2D eigenvalue weighted by atomic mass is 16.1. The number of hydrogen-bond acceptors (Lipinski definition) is 2. The molecule has 0 spiro atoms. The zero-order valence-electron chi connectivity index (χ0n) is 10.9. The minimum atomic E-state index is 0.557. The zero-order valence-corrected chi connectivity index (χ0v) is 10.9. The second-order valence-corrected chi connectivity index (χ2v) is 4.67. The Labute approximate surface area is 98.1 Å². The Bertz CT molecular complexity index is 366. The maximum Gasteiger partial charge on any atom is 0.151 e. The number of likely N-dealkylation sites (N-methyl/N-ethyl adjacent to an activating group) is 1. The van der Waals surface area contributed by atoms with Crippen molar-refractivity contribution >= 4 is 6.29 Å². The molecule has 0 saturated heterocycles. The van der Waals surface area contributed by atoms with Crippen molar-refractivity contribution in [3.8, 4) is 0 Å². The molecule has 0 aliphatic rings. The first-order valence-electron chi connectivity index (χ1n) is 5.79. The molecule has 0 unspecified atom stereocenters. The first kappa shape index (κ1) is 13.0. The third kappa shape index (κ3) is 2.73. The van der Waals surface area contributed by atoms with Gasteiger partial charge in [-0.3, -0.25) is 4.79 Å². The third-order valence-electron chi connectivity index (χ3n) is 3.30. The van der Waals surface area contributed by atoms with Gasteiger partial charge in [0.1, 0.15) is 0 Å². The summed E-state index contributed by atoms with van der Waals surface area (Å²) in [5.74, 6) is 0. The highest BCUT2D eigenvalue weighted by molar-refractivity contribution is 5.77. The van der Waals surface area contributed by atoms with E-state index in [1.165, 1.54) is 0 Å². The van der Waals surface area contributed by atoms with Gasteiger partial charge >= 0.3 is 0 Å². The van der Waals surface area contributed by atoms with Gasteiger partial charge < -0.3 is 9.47 Å². The largest absolute Gasteiger partial charge is 0.347 e. The van der Waals surface area contributed by atoms with Crippen LogP contribution in [0.15, 0.2) is 6.07 Å². The number of aromatic nitrogens is 1. The highest BCUT2D eigenvalue weighted by Gasteiger charge is 2.09. The second kappa shape index (κ2) is 5.30. The van der Waals surface area contributed by atoms with Crippen LogP contribution in [0.2, 0.25) is 0 Å². The van der Waals surface area contributed by atoms with Crippen LogP contribution in [0, 0.1) is 13.8 Å². The second-order valence-electron chi connectivity index (χ2n) is 4.67. The van der Waals surface area contributed by atoms with E-state index in [0.717, 1.165) is 36.3 Å².